The molecule has 1 aliphatic rings. The van der Waals surface area contributed by atoms with Gasteiger partial charge in [0.25, 0.3) is 5.91 Å². The first-order chi connectivity index (χ1) is 8.61. The summed E-state index contributed by atoms with van der Waals surface area (Å²) < 4.78 is 5.19. The average Bonchev–Trinajstić information content (AvgIpc) is 2.38. The van der Waals surface area contributed by atoms with Crippen LogP contribution in [-0.2, 0) is 4.74 Å². The monoisotopic (exact) mass is 246 g/mol. The summed E-state index contributed by atoms with van der Waals surface area (Å²) in [6.45, 7) is 1.08. The van der Waals surface area contributed by atoms with Gasteiger partial charge >= 0.3 is 0 Å². The molecule has 1 fully saturated rings. The van der Waals surface area contributed by atoms with Gasteiger partial charge in [-0.05, 0) is 18.2 Å². The van der Waals surface area contributed by atoms with Crippen molar-refractivity contribution in [3.8, 4) is 6.07 Å². The van der Waals surface area contributed by atoms with Crippen molar-refractivity contribution in [2.75, 3.05) is 31.2 Å². The molecule has 6 heteroatoms. The van der Waals surface area contributed by atoms with E-state index < -0.39 is 6.10 Å². The van der Waals surface area contributed by atoms with Crippen LogP contribution < -0.4 is 11.5 Å². The Balaban J connectivity index is 2.18. The summed E-state index contributed by atoms with van der Waals surface area (Å²) in [6.07, 6.45) is -0.572. The summed E-state index contributed by atoms with van der Waals surface area (Å²) in [5.74, 6) is -0.198. The van der Waals surface area contributed by atoms with Gasteiger partial charge in [-0.25, -0.2) is 0 Å². The van der Waals surface area contributed by atoms with Crippen molar-refractivity contribution in [3.05, 3.63) is 23.8 Å². The maximum Gasteiger partial charge on any atom is 0.256 e. The van der Waals surface area contributed by atoms with E-state index in [1.807, 2.05) is 6.07 Å². The van der Waals surface area contributed by atoms with Crippen LogP contribution in [0.4, 0.5) is 11.4 Å². The Morgan fingerprint density at radius 1 is 1.50 bits per heavy atom. The van der Waals surface area contributed by atoms with Crippen LogP contribution in [0.25, 0.3) is 0 Å². The number of anilines is 2. The molecule has 1 atom stereocenters. The fourth-order valence-electron chi connectivity index (χ4n) is 1.86. The van der Waals surface area contributed by atoms with Crippen LogP contribution in [0.5, 0.6) is 0 Å². The van der Waals surface area contributed by atoms with E-state index in [9.17, 15) is 4.79 Å². The van der Waals surface area contributed by atoms with Crippen LogP contribution in [0.1, 0.15) is 10.4 Å². The molecule has 0 saturated carbocycles. The number of nitrogens with zero attached hydrogens (tertiary/aromatic N) is 2. The third kappa shape index (κ3) is 2.36. The van der Waals surface area contributed by atoms with Crippen molar-refractivity contribution in [1.82, 2.24) is 4.90 Å². The summed E-state index contributed by atoms with van der Waals surface area (Å²) in [6, 6.07) is 6.78. The van der Waals surface area contributed by atoms with E-state index in [1.54, 1.807) is 23.1 Å². The maximum absolute atomic E-state index is 12.2. The van der Waals surface area contributed by atoms with E-state index in [2.05, 4.69) is 0 Å². The minimum atomic E-state index is -0.572. The summed E-state index contributed by atoms with van der Waals surface area (Å²) in [5, 5.41) is 8.80. The van der Waals surface area contributed by atoms with E-state index >= 15 is 0 Å². The topological polar surface area (TPSA) is 105 Å². The second-order valence-electron chi connectivity index (χ2n) is 4.09. The number of carbonyl (C=O) groups is 1. The predicted octanol–water partition coefficient (Wildman–Crippen LogP) is 0.216. The number of rotatable bonds is 1. The second-order valence-corrected chi connectivity index (χ2v) is 4.09. The van der Waals surface area contributed by atoms with E-state index in [0.29, 0.717) is 30.1 Å². The first-order valence-electron chi connectivity index (χ1n) is 5.57. The van der Waals surface area contributed by atoms with Gasteiger partial charge in [0.15, 0.2) is 6.10 Å². The number of ether oxygens (including phenoxy) is 1. The zero-order valence-electron chi connectivity index (χ0n) is 9.80. The molecule has 0 aliphatic carbocycles. The van der Waals surface area contributed by atoms with Gasteiger partial charge in [0, 0.05) is 17.9 Å². The highest BCUT2D eigenvalue weighted by Crippen LogP contribution is 2.19. The number of carbonyl (C=O) groups excluding carboxylic acids is 1. The van der Waals surface area contributed by atoms with Crippen molar-refractivity contribution in [2.24, 2.45) is 0 Å². The highest BCUT2D eigenvalue weighted by molar-refractivity contribution is 5.99. The Labute approximate surface area is 105 Å². The van der Waals surface area contributed by atoms with Gasteiger partial charge in [0.05, 0.1) is 24.8 Å². The van der Waals surface area contributed by atoms with Crippen LogP contribution in [0.2, 0.25) is 0 Å². The molecule has 1 aliphatic heterocycles. The summed E-state index contributed by atoms with van der Waals surface area (Å²) in [7, 11) is 0. The normalized spacial score (nSPS) is 19.3. The molecule has 1 heterocycles. The largest absolute Gasteiger partial charge is 0.399 e. The Hall–Kier alpha value is -2.26. The predicted molar refractivity (Wildman–Crippen MR) is 66.5 cm³/mol. The quantitative estimate of drug-likeness (QED) is 0.689. The molecule has 0 aromatic heterocycles. The number of nitriles is 1. The minimum absolute atomic E-state index is 0.198. The Kier molecular flexibility index (Phi) is 3.35. The second kappa shape index (κ2) is 4.94. The van der Waals surface area contributed by atoms with Gasteiger partial charge < -0.3 is 21.1 Å². The van der Waals surface area contributed by atoms with Crippen LogP contribution in [0.15, 0.2) is 18.2 Å². The molecule has 94 valence electrons. The molecule has 4 N–H and O–H groups in total. The lowest BCUT2D eigenvalue weighted by atomic mass is 10.1. The first kappa shape index (κ1) is 12.2. The fraction of sp³-hybridized carbons (Fsp3) is 0.333. The fourth-order valence-corrected chi connectivity index (χ4v) is 1.86. The molecule has 6 nitrogen and oxygen atoms in total. The van der Waals surface area contributed by atoms with E-state index in [0.717, 1.165) is 0 Å². The van der Waals surface area contributed by atoms with Gasteiger partial charge in [-0.2, -0.15) is 5.26 Å². The number of hydrogen-bond acceptors (Lipinski definition) is 5. The number of nitrogen functional groups attached to an aromatic ring is 2. The zero-order valence-corrected chi connectivity index (χ0v) is 9.80. The minimum Gasteiger partial charge on any atom is -0.399 e. The number of hydrogen-bond donors (Lipinski definition) is 2. The summed E-state index contributed by atoms with van der Waals surface area (Å²) >= 11 is 0. The third-order valence-electron chi connectivity index (χ3n) is 2.80. The zero-order chi connectivity index (χ0) is 13.1. The van der Waals surface area contributed by atoms with Crippen LogP contribution in [-0.4, -0.2) is 36.6 Å². The lowest BCUT2D eigenvalue weighted by Gasteiger charge is -2.30. The molecule has 1 unspecified atom stereocenters. The van der Waals surface area contributed by atoms with Crippen molar-refractivity contribution in [3.63, 3.8) is 0 Å². The van der Waals surface area contributed by atoms with Crippen molar-refractivity contribution in [1.29, 1.82) is 5.26 Å². The lowest BCUT2D eigenvalue weighted by molar-refractivity contribution is 0.00351. The Morgan fingerprint density at radius 3 is 2.94 bits per heavy atom. The van der Waals surface area contributed by atoms with Gasteiger partial charge in [-0.1, -0.05) is 0 Å². The molecule has 18 heavy (non-hydrogen) atoms. The highest BCUT2D eigenvalue weighted by atomic mass is 16.5. The molecule has 0 spiro atoms. The van der Waals surface area contributed by atoms with Crippen molar-refractivity contribution in [2.45, 2.75) is 6.10 Å². The molecular weight excluding hydrogens is 232 g/mol. The molecule has 0 bridgehead atoms. The van der Waals surface area contributed by atoms with Gasteiger partial charge in [-0.15, -0.1) is 0 Å². The number of morpholine rings is 1. The number of amides is 1. The Morgan fingerprint density at radius 2 is 2.28 bits per heavy atom. The Bertz CT molecular complexity index is 509. The molecular formula is C12H14N4O2. The SMILES string of the molecule is N#CC1CN(C(=O)c2ccc(N)cc2N)CCO1. The van der Waals surface area contributed by atoms with E-state index in [-0.39, 0.29) is 12.5 Å². The maximum atomic E-state index is 12.2. The molecule has 0 radical (unpaired) electrons. The van der Waals surface area contributed by atoms with Crippen LogP contribution in [0, 0.1) is 11.3 Å². The van der Waals surface area contributed by atoms with Crippen molar-refractivity contribution < 1.29 is 9.53 Å². The summed E-state index contributed by atoms with van der Waals surface area (Å²) in [4.78, 5) is 13.8. The van der Waals surface area contributed by atoms with Gasteiger partial charge in [0.1, 0.15) is 0 Å². The average molecular weight is 246 g/mol. The molecule has 1 saturated heterocycles. The van der Waals surface area contributed by atoms with Crippen LogP contribution in [0.3, 0.4) is 0 Å². The highest BCUT2D eigenvalue weighted by Gasteiger charge is 2.25. The van der Waals surface area contributed by atoms with E-state index in [1.165, 1.54) is 0 Å². The lowest BCUT2D eigenvalue weighted by Crippen LogP contribution is -2.45. The standard InChI is InChI=1S/C12H14N4O2/c13-6-9-7-16(3-4-18-9)12(17)10-2-1-8(14)5-11(10)15/h1-2,5,9H,3-4,7,14-15H2. The number of benzene rings is 1. The van der Waals surface area contributed by atoms with Crippen LogP contribution >= 0.6 is 0 Å². The molecule has 2 rings (SSSR count). The smallest absolute Gasteiger partial charge is 0.256 e. The van der Waals surface area contributed by atoms with E-state index in [4.69, 9.17) is 21.5 Å². The van der Waals surface area contributed by atoms with Crippen molar-refractivity contribution >= 4 is 17.3 Å². The molecule has 1 aromatic rings. The van der Waals surface area contributed by atoms with Gasteiger partial charge in [-0.3, -0.25) is 4.79 Å². The summed E-state index contributed by atoms with van der Waals surface area (Å²) in [5.41, 5.74) is 12.6. The first-order valence-corrected chi connectivity index (χ1v) is 5.57. The molecule has 1 amide bonds. The third-order valence-corrected chi connectivity index (χ3v) is 2.80. The number of nitrogens with two attached hydrogens (primary N) is 2. The molecule has 1 aromatic carbocycles. The van der Waals surface area contributed by atoms with Gasteiger partial charge in [0.2, 0.25) is 0 Å².